The van der Waals surface area contributed by atoms with Gasteiger partial charge in [0.05, 0.1) is 48.4 Å². The van der Waals surface area contributed by atoms with E-state index in [9.17, 15) is 48.6 Å². The van der Waals surface area contributed by atoms with Crippen LogP contribution in [0.3, 0.4) is 0 Å². The molecule has 0 aromatic heterocycles. The van der Waals surface area contributed by atoms with Crippen molar-refractivity contribution < 1.29 is 48.6 Å². The van der Waals surface area contributed by atoms with E-state index < -0.39 is 70.6 Å². The summed E-state index contributed by atoms with van der Waals surface area (Å²) in [5.41, 5.74) is 10.4. The quantitative estimate of drug-likeness (QED) is 0.0349. The number of nitrogens with one attached hydrogen (secondary N) is 8. The maximum absolute atomic E-state index is 13.8. The predicted molar refractivity (Wildman–Crippen MR) is 213 cm³/mol. The van der Waals surface area contributed by atoms with Gasteiger partial charge in [-0.1, -0.05) is 27.7 Å². The first kappa shape index (κ1) is 46.1. The predicted octanol–water partition coefficient (Wildman–Crippen LogP) is -1.86. The van der Waals surface area contributed by atoms with E-state index in [1.807, 2.05) is 27.7 Å². The third kappa shape index (κ3) is 13.4. The number of phenolic OH excluding ortho intramolecular Hbond substituents is 2. The van der Waals surface area contributed by atoms with Crippen molar-refractivity contribution >= 4 is 58.4 Å². The first-order valence-electron chi connectivity index (χ1n) is 18.8. The van der Waals surface area contributed by atoms with Crippen molar-refractivity contribution in [2.75, 3.05) is 63.0 Å². The molecule has 0 bridgehead atoms. The van der Waals surface area contributed by atoms with Gasteiger partial charge in [-0.2, -0.15) is 0 Å². The molecule has 1 aliphatic rings. The molecule has 2 aromatic carbocycles. The summed E-state index contributed by atoms with van der Waals surface area (Å²) < 4.78 is 0. The molecule has 0 aliphatic heterocycles. The van der Waals surface area contributed by atoms with E-state index in [-0.39, 0.29) is 97.8 Å². The molecule has 1 aliphatic carbocycles. The fourth-order valence-electron chi connectivity index (χ4n) is 6.04. The molecule has 2 atom stereocenters. The van der Waals surface area contributed by atoms with Crippen molar-refractivity contribution in [1.29, 1.82) is 0 Å². The number of amides is 6. The molecule has 2 aromatic rings. The van der Waals surface area contributed by atoms with Crippen LogP contribution in [-0.4, -0.2) is 122 Å². The lowest BCUT2D eigenvalue weighted by atomic mass is 9.81. The van der Waals surface area contributed by atoms with E-state index >= 15 is 0 Å². The Morgan fingerprint density at radius 2 is 0.897 bits per heavy atom. The van der Waals surface area contributed by atoms with Crippen LogP contribution in [-0.2, 0) is 28.8 Å². The maximum atomic E-state index is 13.8. The van der Waals surface area contributed by atoms with E-state index in [0.29, 0.717) is 12.8 Å². The molecule has 6 amide bonds. The summed E-state index contributed by atoms with van der Waals surface area (Å²) in [6, 6.07) is 3.61. The molecule has 0 heterocycles. The van der Waals surface area contributed by atoms with Gasteiger partial charge in [0.2, 0.25) is 47.0 Å². The Balaban J connectivity index is 1.57. The molecule has 20 heteroatoms. The van der Waals surface area contributed by atoms with Crippen molar-refractivity contribution in [3.8, 4) is 11.5 Å². The number of primary amides is 2. The first-order valence-corrected chi connectivity index (χ1v) is 18.8. The molecule has 3 rings (SSSR count). The standard InChI is InChI=1S/C38H54N10O10/c1-19(2)13-23(37(39)57)47-29(53)17-45-27(51)15-41-9-11-43-21-5-6-22(32-31(21)35(55)33-25(49)7-8-26(50)34(33)36(32)56)44-12-10-42-16-28(52)46-18-30(54)48-24(38(40)58)14-20(3)4/h5-8,19-20,23-24,41-44,49-50H,9-18H2,1-4H3,(H2,39,57)(H2,40,58)(H,45,51)(H,46,52)(H,47,53)(H,48,54)/t23-,24-/m0/s1. The molecular formula is C38H54N10O10. The van der Waals surface area contributed by atoms with Gasteiger partial charge in [-0.15, -0.1) is 0 Å². The lowest BCUT2D eigenvalue weighted by Crippen LogP contribution is -2.49. The van der Waals surface area contributed by atoms with Gasteiger partial charge in [0.25, 0.3) is 0 Å². The Bertz CT molecular complexity index is 1750. The van der Waals surface area contributed by atoms with Crippen molar-refractivity contribution in [2.24, 2.45) is 23.3 Å². The van der Waals surface area contributed by atoms with Crippen LogP contribution in [0.2, 0.25) is 0 Å². The lowest BCUT2D eigenvalue weighted by molar-refractivity contribution is -0.128. The SMILES string of the molecule is CC(C)C[C@H](NC(=O)CNC(=O)CNCCNc1ccc(NCCNCC(=O)NCC(=O)N[C@@H](CC(C)C)C(N)=O)c2c1C(=O)c1c(O)ccc(O)c1C2=O)C(N)=O. The van der Waals surface area contributed by atoms with E-state index in [2.05, 4.69) is 42.5 Å². The zero-order valence-electron chi connectivity index (χ0n) is 33.0. The largest absolute Gasteiger partial charge is 0.507 e. The number of anilines is 2. The topological polar surface area (TPSA) is 325 Å². The smallest absolute Gasteiger partial charge is 0.240 e. The number of hydrogen-bond acceptors (Lipinski definition) is 14. The second kappa shape index (κ2) is 21.9. The van der Waals surface area contributed by atoms with Gasteiger partial charge < -0.3 is 64.2 Å². The zero-order valence-corrected chi connectivity index (χ0v) is 33.0. The number of benzene rings is 2. The number of hydrogen-bond donors (Lipinski definition) is 12. The Hall–Kier alpha value is -6.28. The number of carbonyl (C=O) groups is 8. The molecular weight excluding hydrogens is 756 g/mol. The van der Waals surface area contributed by atoms with Crippen LogP contribution in [0.4, 0.5) is 11.4 Å². The Morgan fingerprint density at radius 1 is 0.534 bits per heavy atom. The number of nitrogens with two attached hydrogens (primary N) is 2. The minimum Gasteiger partial charge on any atom is -0.507 e. The van der Waals surface area contributed by atoms with Crippen LogP contribution in [0.1, 0.15) is 72.4 Å². The average molecular weight is 811 g/mol. The van der Waals surface area contributed by atoms with Gasteiger partial charge in [-0.05, 0) is 48.9 Å². The van der Waals surface area contributed by atoms with Crippen LogP contribution in [0.15, 0.2) is 24.3 Å². The minimum atomic E-state index is -0.855. The summed E-state index contributed by atoms with van der Waals surface area (Å²) in [6.45, 7) is 7.18. The molecule has 58 heavy (non-hydrogen) atoms. The highest BCUT2D eigenvalue weighted by Gasteiger charge is 2.38. The number of carbonyl (C=O) groups excluding carboxylic acids is 8. The van der Waals surface area contributed by atoms with Crippen molar-refractivity contribution in [3.05, 3.63) is 46.5 Å². The Morgan fingerprint density at radius 3 is 1.22 bits per heavy atom. The van der Waals surface area contributed by atoms with Crippen molar-refractivity contribution in [2.45, 2.75) is 52.6 Å². The zero-order chi connectivity index (χ0) is 43.1. The van der Waals surface area contributed by atoms with Crippen LogP contribution < -0.4 is 54.0 Å². The molecule has 316 valence electrons. The molecule has 14 N–H and O–H groups in total. The normalized spacial score (nSPS) is 12.9. The van der Waals surface area contributed by atoms with E-state index in [1.165, 1.54) is 0 Å². The van der Waals surface area contributed by atoms with E-state index in [1.54, 1.807) is 12.1 Å². The highest BCUT2D eigenvalue weighted by molar-refractivity contribution is 6.33. The summed E-state index contributed by atoms with van der Waals surface area (Å²) in [4.78, 5) is 99.9. The number of rotatable bonds is 24. The fourth-order valence-corrected chi connectivity index (χ4v) is 6.04. The van der Waals surface area contributed by atoms with Crippen LogP contribution in [0, 0.1) is 11.8 Å². The molecule has 0 saturated carbocycles. The highest BCUT2D eigenvalue weighted by Crippen LogP contribution is 2.42. The van der Waals surface area contributed by atoms with Gasteiger partial charge in [-0.3, -0.25) is 38.4 Å². The third-order valence-corrected chi connectivity index (χ3v) is 8.74. The Kier molecular flexibility index (Phi) is 17.4. The molecule has 0 fully saturated rings. The third-order valence-electron chi connectivity index (χ3n) is 8.74. The summed E-state index contributed by atoms with van der Waals surface area (Å²) in [6.07, 6.45) is 0.711. The number of phenols is 2. The van der Waals surface area contributed by atoms with Gasteiger partial charge in [0.1, 0.15) is 23.6 Å². The molecule has 0 spiro atoms. The summed E-state index contributed by atoms with van der Waals surface area (Å²) in [7, 11) is 0. The van der Waals surface area contributed by atoms with Crippen molar-refractivity contribution in [3.63, 3.8) is 0 Å². The second-order valence-corrected chi connectivity index (χ2v) is 14.5. The average Bonchev–Trinajstić information content (AvgIpc) is 3.15. The lowest BCUT2D eigenvalue weighted by Gasteiger charge is -2.25. The fraction of sp³-hybridized carbons (Fsp3) is 0.474. The van der Waals surface area contributed by atoms with Crippen molar-refractivity contribution in [1.82, 2.24) is 31.9 Å². The van der Waals surface area contributed by atoms with Crippen LogP contribution in [0.25, 0.3) is 0 Å². The monoisotopic (exact) mass is 810 g/mol. The van der Waals surface area contributed by atoms with E-state index in [4.69, 9.17) is 11.5 Å². The minimum absolute atomic E-state index is 0.0588. The summed E-state index contributed by atoms with van der Waals surface area (Å²) in [5.74, 6) is -5.67. The summed E-state index contributed by atoms with van der Waals surface area (Å²) >= 11 is 0. The van der Waals surface area contributed by atoms with Gasteiger partial charge in [0, 0.05) is 37.6 Å². The van der Waals surface area contributed by atoms with Gasteiger partial charge in [0.15, 0.2) is 0 Å². The summed E-state index contributed by atoms with van der Waals surface area (Å²) in [5, 5.41) is 42.9. The second-order valence-electron chi connectivity index (χ2n) is 14.5. The molecule has 0 radical (unpaired) electrons. The van der Waals surface area contributed by atoms with E-state index in [0.717, 1.165) is 12.1 Å². The molecule has 0 unspecified atom stereocenters. The highest BCUT2D eigenvalue weighted by atomic mass is 16.3. The Labute approximate surface area is 335 Å². The molecule has 0 saturated heterocycles. The first-order chi connectivity index (χ1) is 27.4. The van der Waals surface area contributed by atoms with Crippen LogP contribution in [0.5, 0.6) is 11.5 Å². The molecule has 20 nitrogen and oxygen atoms in total. The number of fused-ring (bicyclic) bond motifs is 2. The van der Waals surface area contributed by atoms with Crippen LogP contribution >= 0.6 is 0 Å². The maximum Gasteiger partial charge on any atom is 0.240 e. The number of ketones is 2. The van der Waals surface area contributed by atoms with Gasteiger partial charge >= 0.3 is 0 Å². The van der Waals surface area contributed by atoms with Gasteiger partial charge in [-0.25, -0.2) is 0 Å². The number of aromatic hydroxyl groups is 2.